The number of rotatable bonds is 1. The maximum Gasteiger partial charge on any atom is 0.159 e. The number of allylic oxidation sites excluding steroid dienone is 1. The van der Waals surface area contributed by atoms with Crippen LogP contribution in [-0.4, -0.2) is 5.78 Å². The molecular formula is C11H9BrO. The second kappa shape index (κ2) is 3.46. The molecule has 0 aromatic heterocycles. The number of carbonyl (C=O) groups excluding carboxylic acids is 1. The molecule has 0 saturated heterocycles. The van der Waals surface area contributed by atoms with Gasteiger partial charge in [0.25, 0.3) is 0 Å². The first kappa shape index (κ1) is 8.70. The van der Waals surface area contributed by atoms with Crippen molar-refractivity contribution in [2.24, 2.45) is 0 Å². The third-order valence-corrected chi connectivity index (χ3v) is 2.72. The Morgan fingerprint density at radius 3 is 2.31 bits per heavy atom. The largest absolute Gasteiger partial charge is 0.295 e. The van der Waals surface area contributed by atoms with Gasteiger partial charge in [-0.15, -0.1) is 0 Å². The van der Waals surface area contributed by atoms with Gasteiger partial charge in [0.1, 0.15) is 0 Å². The molecule has 1 aliphatic rings. The molecule has 0 bridgehead atoms. The van der Waals surface area contributed by atoms with Crippen molar-refractivity contribution in [3.63, 3.8) is 0 Å². The molecule has 66 valence electrons. The molecule has 0 N–H and O–H groups in total. The van der Waals surface area contributed by atoms with E-state index in [1.807, 2.05) is 30.3 Å². The molecule has 2 rings (SSSR count). The van der Waals surface area contributed by atoms with Gasteiger partial charge >= 0.3 is 0 Å². The first-order valence-corrected chi connectivity index (χ1v) is 5.04. The number of hydrogen-bond donors (Lipinski definition) is 0. The van der Waals surface area contributed by atoms with Crippen molar-refractivity contribution < 1.29 is 4.79 Å². The lowest BCUT2D eigenvalue weighted by atomic mass is 9.89. The Morgan fingerprint density at radius 2 is 1.85 bits per heavy atom. The molecule has 1 aliphatic carbocycles. The van der Waals surface area contributed by atoms with Gasteiger partial charge in [-0.05, 0) is 35.8 Å². The van der Waals surface area contributed by atoms with Crippen molar-refractivity contribution in [2.75, 3.05) is 0 Å². The van der Waals surface area contributed by atoms with Gasteiger partial charge in [0.2, 0.25) is 0 Å². The molecule has 1 aromatic carbocycles. The van der Waals surface area contributed by atoms with Crippen LogP contribution in [0, 0.1) is 0 Å². The van der Waals surface area contributed by atoms with Gasteiger partial charge in [-0.2, -0.15) is 0 Å². The van der Waals surface area contributed by atoms with Gasteiger partial charge in [-0.3, -0.25) is 4.79 Å². The van der Waals surface area contributed by atoms with Crippen LogP contribution < -0.4 is 0 Å². The summed E-state index contributed by atoms with van der Waals surface area (Å²) in [4.78, 5) is 11.0. The van der Waals surface area contributed by atoms with Crippen molar-refractivity contribution in [3.8, 4) is 0 Å². The summed E-state index contributed by atoms with van der Waals surface area (Å²) in [6.07, 6.45) is 3.63. The van der Waals surface area contributed by atoms with Crippen LogP contribution in [0.15, 0.2) is 34.3 Å². The summed E-state index contributed by atoms with van der Waals surface area (Å²) in [5, 5.41) is 0. The van der Waals surface area contributed by atoms with Gasteiger partial charge in [0, 0.05) is 10.9 Å². The number of hydrogen-bond acceptors (Lipinski definition) is 1. The van der Waals surface area contributed by atoms with E-state index in [1.54, 1.807) is 0 Å². The molecule has 1 saturated carbocycles. The van der Waals surface area contributed by atoms with E-state index in [0.717, 1.165) is 28.5 Å². The smallest absolute Gasteiger partial charge is 0.159 e. The van der Waals surface area contributed by atoms with E-state index in [4.69, 9.17) is 0 Å². The van der Waals surface area contributed by atoms with E-state index in [2.05, 4.69) is 15.9 Å². The summed E-state index contributed by atoms with van der Waals surface area (Å²) >= 11 is 3.37. The van der Waals surface area contributed by atoms with Crippen molar-refractivity contribution in [3.05, 3.63) is 39.9 Å². The average Bonchev–Trinajstić information content (AvgIpc) is 2.15. The summed E-state index contributed by atoms with van der Waals surface area (Å²) in [7, 11) is 0. The van der Waals surface area contributed by atoms with Gasteiger partial charge in [0.15, 0.2) is 5.78 Å². The van der Waals surface area contributed by atoms with Crippen LogP contribution in [0.2, 0.25) is 0 Å². The van der Waals surface area contributed by atoms with E-state index < -0.39 is 0 Å². The van der Waals surface area contributed by atoms with Gasteiger partial charge < -0.3 is 0 Å². The summed E-state index contributed by atoms with van der Waals surface area (Å²) in [6, 6.07) is 7.97. The Bertz CT molecular complexity index is 362. The Labute approximate surface area is 85.6 Å². The van der Waals surface area contributed by atoms with Crippen molar-refractivity contribution in [1.29, 1.82) is 0 Å². The van der Waals surface area contributed by atoms with Gasteiger partial charge in [-0.25, -0.2) is 0 Å². The lowest BCUT2D eigenvalue weighted by molar-refractivity contribution is -0.118. The van der Waals surface area contributed by atoms with Crippen LogP contribution in [-0.2, 0) is 4.79 Å². The molecule has 1 aromatic rings. The number of Topliss-reactive ketones (excluding diaryl/α,β-unsaturated/α-hetero) is 1. The highest BCUT2D eigenvalue weighted by Gasteiger charge is 2.19. The maximum atomic E-state index is 11.0. The summed E-state index contributed by atoms with van der Waals surface area (Å²) in [5.41, 5.74) is 2.06. The fraction of sp³-hybridized carbons (Fsp3) is 0.182. The van der Waals surface area contributed by atoms with E-state index in [9.17, 15) is 4.79 Å². The molecule has 0 atom stereocenters. The third kappa shape index (κ3) is 1.89. The van der Waals surface area contributed by atoms with Gasteiger partial charge in [-0.1, -0.05) is 28.1 Å². The zero-order valence-electron chi connectivity index (χ0n) is 7.09. The van der Waals surface area contributed by atoms with E-state index >= 15 is 0 Å². The predicted octanol–water partition coefficient (Wildman–Crippen LogP) is 3.20. The van der Waals surface area contributed by atoms with Crippen LogP contribution in [0.1, 0.15) is 18.4 Å². The van der Waals surface area contributed by atoms with E-state index in [1.165, 1.54) is 0 Å². The first-order valence-electron chi connectivity index (χ1n) is 4.25. The monoisotopic (exact) mass is 236 g/mol. The summed E-state index contributed by atoms with van der Waals surface area (Å²) < 4.78 is 1.06. The minimum Gasteiger partial charge on any atom is -0.295 e. The van der Waals surface area contributed by atoms with Gasteiger partial charge in [0.05, 0.1) is 0 Å². The standard InChI is InChI=1S/C11H9BrO/c12-10-4-1-8(2-5-10)7-9-3-6-11(9)13/h1-2,4-5,7H,3,6H2/b9-7-. The van der Waals surface area contributed by atoms with Crippen LogP contribution in [0.3, 0.4) is 0 Å². The fourth-order valence-corrected chi connectivity index (χ4v) is 1.55. The van der Waals surface area contributed by atoms with Crippen molar-refractivity contribution in [2.45, 2.75) is 12.8 Å². The minimum atomic E-state index is 0.294. The SMILES string of the molecule is O=C1CC/C1=C/c1ccc(Br)cc1. The molecule has 1 nitrogen and oxygen atoms in total. The molecule has 13 heavy (non-hydrogen) atoms. The molecule has 1 fully saturated rings. The molecule has 0 heterocycles. The number of benzene rings is 1. The molecule has 0 aliphatic heterocycles. The lowest BCUT2D eigenvalue weighted by Crippen LogP contribution is -2.13. The highest BCUT2D eigenvalue weighted by Crippen LogP contribution is 2.24. The molecule has 0 radical (unpaired) electrons. The highest BCUT2D eigenvalue weighted by molar-refractivity contribution is 9.10. The summed E-state index contributed by atoms with van der Waals surface area (Å²) in [6.45, 7) is 0. The molecule has 0 amide bonds. The molecular weight excluding hydrogens is 228 g/mol. The Balaban J connectivity index is 2.22. The van der Waals surface area contributed by atoms with Crippen LogP contribution in [0.4, 0.5) is 0 Å². The van der Waals surface area contributed by atoms with Crippen LogP contribution in [0.25, 0.3) is 6.08 Å². The number of halogens is 1. The zero-order chi connectivity index (χ0) is 9.26. The zero-order valence-corrected chi connectivity index (χ0v) is 8.67. The molecule has 0 spiro atoms. The third-order valence-electron chi connectivity index (χ3n) is 2.19. The Morgan fingerprint density at radius 1 is 1.15 bits per heavy atom. The topological polar surface area (TPSA) is 17.1 Å². The van der Waals surface area contributed by atoms with E-state index in [-0.39, 0.29) is 0 Å². The fourth-order valence-electron chi connectivity index (χ4n) is 1.28. The Kier molecular flexibility index (Phi) is 2.32. The van der Waals surface area contributed by atoms with Crippen molar-refractivity contribution >= 4 is 27.8 Å². The van der Waals surface area contributed by atoms with Crippen molar-refractivity contribution in [1.82, 2.24) is 0 Å². The van der Waals surface area contributed by atoms with Crippen LogP contribution in [0.5, 0.6) is 0 Å². The average molecular weight is 237 g/mol. The first-order chi connectivity index (χ1) is 6.25. The predicted molar refractivity (Wildman–Crippen MR) is 56.4 cm³/mol. The second-order valence-corrected chi connectivity index (χ2v) is 4.06. The van der Waals surface area contributed by atoms with E-state index in [0.29, 0.717) is 5.78 Å². The number of ketones is 1. The molecule has 0 unspecified atom stereocenters. The van der Waals surface area contributed by atoms with Crippen LogP contribution >= 0.6 is 15.9 Å². The number of carbonyl (C=O) groups is 1. The second-order valence-electron chi connectivity index (χ2n) is 3.14. The maximum absolute atomic E-state index is 11.0. The minimum absolute atomic E-state index is 0.294. The summed E-state index contributed by atoms with van der Waals surface area (Å²) in [5.74, 6) is 0.294. The Hall–Kier alpha value is -0.890. The lowest BCUT2D eigenvalue weighted by Gasteiger charge is -2.14. The normalized spacial score (nSPS) is 18.8. The highest BCUT2D eigenvalue weighted by atomic mass is 79.9. The molecule has 2 heteroatoms. The quantitative estimate of drug-likeness (QED) is 0.685.